The van der Waals surface area contributed by atoms with Crippen LogP contribution in [0.5, 0.6) is 5.75 Å². The third-order valence-corrected chi connectivity index (χ3v) is 8.08. The van der Waals surface area contributed by atoms with E-state index in [1.54, 1.807) is 13.8 Å². The van der Waals surface area contributed by atoms with Crippen LogP contribution < -0.4 is 13.8 Å². The highest BCUT2D eigenvalue weighted by Crippen LogP contribution is 2.36. The monoisotopic (exact) mass is 458 g/mol. The van der Waals surface area contributed by atoms with Gasteiger partial charge in [-0.3, -0.25) is 9.52 Å². The maximum Gasteiger partial charge on any atom is 0.261 e. The summed E-state index contributed by atoms with van der Waals surface area (Å²) < 4.78 is 58.1. The van der Waals surface area contributed by atoms with Crippen LogP contribution in [0.3, 0.4) is 0 Å². The van der Waals surface area contributed by atoms with Crippen LogP contribution in [0.2, 0.25) is 5.02 Å². The molecule has 1 fully saturated rings. The van der Waals surface area contributed by atoms with Gasteiger partial charge in [-0.25, -0.2) is 21.1 Å². The summed E-state index contributed by atoms with van der Waals surface area (Å²) in [6.07, 6.45) is 0. The Morgan fingerprint density at radius 3 is 2.24 bits per heavy atom. The summed E-state index contributed by atoms with van der Waals surface area (Å²) in [6, 6.07) is 9.46. The van der Waals surface area contributed by atoms with Crippen molar-refractivity contribution < 1.29 is 26.4 Å². The van der Waals surface area contributed by atoms with Crippen molar-refractivity contribution in [1.82, 2.24) is 0 Å². The Morgan fingerprint density at radius 1 is 1.14 bits per heavy atom. The second kappa shape index (κ2) is 7.19. The van der Waals surface area contributed by atoms with Gasteiger partial charge in [0, 0.05) is 0 Å². The minimum absolute atomic E-state index is 0.0898. The van der Waals surface area contributed by atoms with E-state index in [2.05, 4.69) is 4.72 Å². The molecule has 2 aromatic rings. The molecule has 0 aliphatic carbocycles. The van der Waals surface area contributed by atoms with Gasteiger partial charge >= 0.3 is 0 Å². The Labute approximate surface area is 174 Å². The van der Waals surface area contributed by atoms with Gasteiger partial charge in [-0.15, -0.1) is 0 Å². The van der Waals surface area contributed by atoms with Crippen molar-refractivity contribution in [3.05, 3.63) is 47.5 Å². The van der Waals surface area contributed by atoms with E-state index in [0.717, 1.165) is 4.31 Å². The molecule has 11 heteroatoms. The molecule has 0 atom stereocenters. The van der Waals surface area contributed by atoms with Gasteiger partial charge in [-0.05, 0) is 56.3 Å². The third-order valence-electron chi connectivity index (χ3n) is 4.37. The molecule has 0 spiro atoms. The second-order valence-electron chi connectivity index (χ2n) is 7.16. The molecular weight excluding hydrogens is 440 g/mol. The summed E-state index contributed by atoms with van der Waals surface area (Å²) in [4.78, 5) is 12.3. The fourth-order valence-electron chi connectivity index (χ4n) is 2.97. The number of ether oxygens (including phenoxy) is 1. The lowest BCUT2D eigenvalue weighted by Gasteiger charge is -2.18. The Kier molecular flexibility index (Phi) is 5.31. The van der Waals surface area contributed by atoms with Gasteiger partial charge in [0.1, 0.15) is 5.75 Å². The van der Waals surface area contributed by atoms with E-state index >= 15 is 0 Å². The topological polar surface area (TPSA) is 110 Å². The standard InChI is InChI=1S/C18H19ClN2O6S2/c1-18(2)11-28(23,24)21(17(18)22)13-5-7-14(8-6-13)29(25,26)20-12-4-9-16(27-3)15(19)10-12/h4-10,20H,11H2,1-3H3. The van der Waals surface area contributed by atoms with E-state index in [-0.39, 0.29) is 27.0 Å². The summed E-state index contributed by atoms with van der Waals surface area (Å²) in [5.41, 5.74) is -0.718. The van der Waals surface area contributed by atoms with E-state index < -0.39 is 31.4 Å². The first-order chi connectivity index (χ1) is 13.4. The number of carbonyl (C=O) groups is 1. The van der Waals surface area contributed by atoms with Crippen molar-refractivity contribution in [2.75, 3.05) is 21.9 Å². The Balaban J connectivity index is 1.88. The first-order valence-electron chi connectivity index (χ1n) is 8.41. The SMILES string of the molecule is COc1ccc(NS(=O)(=O)c2ccc(N3C(=O)C(C)(C)CS3(=O)=O)cc2)cc1Cl. The van der Waals surface area contributed by atoms with E-state index in [9.17, 15) is 21.6 Å². The first-order valence-corrected chi connectivity index (χ1v) is 11.9. The summed E-state index contributed by atoms with van der Waals surface area (Å²) in [5.74, 6) is -0.462. The molecule has 1 amide bonds. The van der Waals surface area contributed by atoms with Crippen LogP contribution in [0.1, 0.15) is 13.8 Å². The number of carbonyl (C=O) groups excluding carboxylic acids is 1. The summed E-state index contributed by atoms with van der Waals surface area (Å²) in [7, 11) is -6.33. The van der Waals surface area contributed by atoms with Gasteiger partial charge < -0.3 is 4.74 Å². The highest BCUT2D eigenvalue weighted by Gasteiger charge is 2.49. The lowest BCUT2D eigenvalue weighted by molar-refractivity contribution is -0.123. The number of hydrogen-bond acceptors (Lipinski definition) is 6. The first kappa shape index (κ1) is 21.4. The van der Waals surface area contributed by atoms with Crippen LogP contribution in [0.25, 0.3) is 0 Å². The molecule has 2 aromatic carbocycles. The van der Waals surface area contributed by atoms with Crippen molar-refractivity contribution in [3.63, 3.8) is 0 Å². The molecule has 1 aliphatic heterocycles. The van der Waals surface area contributed by atoms with E-state index in [1.165, 1.54) is 49.6 Å². The average molecular weight is 459 g/mol. The van der Waals surface area contributed by atoms with Gasteiger partial charge in [0.05, 0.1) is 39.6 Å². The molecule has 0 saturated carbocycles. The number of benzene rings is 2. The zero-order valence-electron chi connectivity index (χ0n) is 15.8. The van der Waals surface area contributed by atoms with Crippen molar-refractivity contribution >= 4 is 48.9 Å². The van der Waals surface area contributed by atoms with Crippen LogP contribution in [0, 0.1) is 5.41 Å². The third kappa shape index (κ3) is 4.05. The second-order valence-corrected chi connectivity index (χ2v) is 11.1. The minimum atomic E-state index is -3.96. The van der Waals surface area contributed by atoms with Gasteiger partial charge in [0.2, 0.25) is 15.9 Å². The Bertz CT molecular complexity index is 1180. The molecule has 0 aromatic heterocycles. The molecule has 0 radical (unpaired) electrons. The average Bonchev–Trinajstić information content (AvgIpc) is 2.77. The van der Waals surface area contributed by atoms with Crippen LogP contribution in [0.4, 0.5) is 11.4 Å². The van der Waals surface area contributed by atoms with E-state index in [4.69, 9.17) is 16.3 Å². The quantitative estimate of drug-likeness (QED) is 0.737. The number of nitrogens with one attached hydrogen (secondary N) is 1. The zero-order chi connectivity index (χ0) is 21.6. The van der Waals surface area contributed by atoms with Crippen LogP contribution in [-0.2, 0) is 24.8 Å². The molecule has 1 N–H and O–H groups in total. The van der Waals surface area contributed by atoms with Crippen LogP contribution in [-0.4, -0.2) is 35.6 Å². The van der Waals surface area contributed by atoms with Gasteiger partial charge in [0.15, 0.2) is 0 Å². The molecule has 0 unspecified atom stereocenters. The van der Waals surface area contributed by atoms with Gasteiger partial charge in [0.25, 0.3) is 10.0 Å². The molecule has 1 heterocycles. The van der Waals surface area contributed by atoms with Crippen LogP contribution >= 0.6 is 11.6 Å². The number of methoxy groups -OCH3 is 1. The number of amides is 1. The minimum Gasteiger partial charge on any atom is -0.495 e. The van der Waals surface area contributed by atoms with E-state index in [0.29, 0.717) is 5.75 Å². The number of anilines is 2. The number of hydrogen-bond donors (Lipinski definition) is 1. The number of rotatable bonds is 5. The number of sulfonamides is 2. The lowest BCUT2D eigenvalue weighted by atomic mass is 9.95. The highest BCUT2D eigenvalue weighted by molar-refractivity contribution is 7.94. The Hall–Kier alpha value is -2.30. The maximum absolute atomic E-state index is 12.6. The van der Waals surface area contributed by atoms with Gasteiger partial charge in [-0.2, -0.15) is 0 Å². The predicted octanol–water partition coefficient (Wildman–Crippen LogP) is 2.85. The predicted molar refractivity (Wildman–Crippen MR) is 110 cm³/mol. The highest BCUT2D eigenvalue weighted by atomic mass is 35.5. The van der Waals surface area contributed by atoms with Gasteiger partial charge in [-0.1, -0.05) is 11.6 Å². The molecule has 3 rings (SSSR count). The van der Waals surface area contributed by atoms with Crippen molar-refractivity contribution in [2.24, 2.45) is 5.41 Å². The molecule has 1 saturated heterocycles. The normalized spacial score (nSPS) is 17.9. The molecular formula is C18H19ClN2O6S2. The maximum atomic E-state index is 12.6. The van der Waals surface area contributed by atoms with Crippen LogP contribution in [0.15, 0.2) is 47.4 Å². The van der Waals surface area contributed by atoms with Crippen molar-refractivity contribution in [2.45, 2.75) is 18.7 Å². The zero-order valence-corrected chi connectivity index (χ0v) is 18.2. The van der Waals surface area contributed by atoms with E-state index in [1.807, 2.05) is 0 Å². The summed E-state index contributed by atoms with van der Waals surface area (Å²) >= 11 is 6.01. The number of nitrogens with zero attached hydrogens (tertiary/aromatic N) is 1. The molecule has 29 heavy (non-hydrogen) atoms. The fourth-order valence-corrected chi connectivity index (χ4v) is 6.38. The summed E-state index contributed by atoms with van der Waals surface area (Å²) in [6.45, 7) is 3.10. The lowest BCUT2D eigenvalue weighted by Crippen LogP contribution is -2.32. The fraction of sp³-hybridized carbons (Fsp3) is 0.278. The molecule has 0 bridgehead atoms. The Morgan fingerprint density at radius 2 is 1.76 bits per heavy atom. The molecule has 1 aliphatic rings. The van der Waals surface area contributed by atoms with Crippen molar-refractivity contribution in [1.29, 1.82) is 0 Å². The smallest absolute Gasteiger partial charge is 0.261 e. The summed E-state index contributed by atoms with van der Waals surface area (Å²) in [5, 5.41) is 0.239. The largest absolute Gasteiger partial charge is 0.495 e. The molecule has 8 nitrogen and oxygen atoms in total. The number of halogens is 1. The van der Waals surface area contributed by atoms with Crippen molar-refractivity contribution in [3.8, 4) is 5.75 Å². The molecule has 156 valence electrons.